The first-order chi connectivity index (χ1) is 11.0. The van der Waals surface area contributed by atoms with Crippen LogP contribution in [0.4, 0.5) is 5.69 Å². The SMILES string of the molecule is COc1cc(C(=O)NC2=NCCS2)c([N+](=O)[O-])c(OC)c1OC. The fraction of sp³-hybridized carbons (Fsp3) is 0.385. The molecule has 1 aromatic carbocycles. The highest BCUT2D eigenvalue weighted by Crippen LogP contribution is 2.46. The number of nitro groups is 1. The number of amidine groups is 1. The topological polar surface area (TPSA) is 112 Å². The van der Waals surface area contributed by atoms with E-state index in [0.29, 0.717) is 11.7 Å². The number of carbonyl (C=O) groups excluding carboxylic acids is 1. The zero-order valence-corrected chi connectivity index (χ0v) is 13.6. The Kier molecular flexibility index (Phi) is 5.27. The van der Waals surface area contributed by atoms with Gasteiger partial charge in [0.15, 0.2) is 10.9 Å². The maximum atomic E-state index is 12.4. The monoisotopic (exact) mass is 341 g/mol. The molecule has 9 nitrogen and oxygen atoms in total. The van der Waals surface area contributed by atoms with E-state index in [-0.39, 0.29) is 22.8 Å². The number of nitrogens with zero attached hydrogens (tertiary/aromatic N) is 2. The molecule has 0 aliphatic carbocycles. The zero-order valence-electron chi connectivity index (χ0n) is 12.7. The van der Waals surface area contributed by atoms with Gasteiger partial charge < -0.3 is 19.5 Å². The van der Waals surface area contributed by atoms with Gasteiger partial charge in [-0.3, -0.25) is 19.9 Å². The van der Waals surface area contributed by atoms with Gasteiger partial charge in [0.25, 0.3) is 5.91 Å². The summed E-state index contributed by atoms with van der Waals surface area (Å²) < 4.78 is 15.3. The van der Waals surface area contributed by atoms with E-state index in [0.717, 1.165) is 5.75 Å². The number of nitrogens with one attached hydrogen (secondary N) is 1. The highest BCUT2D eigenvalue weighted by molar-refractivity contribution is 8.14. The number of benzene rings is 1. The second-order valence-electron chi connectivity index (χ2n) is 4.29. The Morgan fingerprint density at radius 1 is 1.30 bits per heavy atom. The number of rotatable bonds is 5. The average Bonchev–Trinajstić information content (AvgIpc) is 3.05. The van der Waals surface area contributed by atoms with Crippen LogP contribution < -0.4 is 19.5 Å². The second-order valence-corrected chi connectivity index (χ2v) is 5.37. The Hall–Kier alpha value is -2.49. The van der Waals surface area contributed by atoms with Gasteiger partial charge in [-0.1, -0.05) is 11.8 Å². The van der Waals surface area contributed by atoms with Crippen molar-refractivity contribution in [1.29, 1.82) is 0 Å². The average molecular weight is 341 g/mol. The van der Waals surface area contributed by atoms with Gasteiger partial charge in [-0.2, -0.15) is 0 Å². The molecule has 0 radical (unpaired) electrons. The first kappa shape index (κ1) is 16.9. The van der Waals surface area contributed by atoms with E-state index in [4.69, 9.17) is 14.2 Å². The number of hydrogen-bond acceptors (Lipinski definition) is 8. The van der Waals surface area contributed by atoms with E-state index in [2.05, 4.69) is 10.3 Å². The van der Waals surface area contributed by atoms with Gasteiger partial charge in [0.2, 0.25) is 11.5 Å². The first-order valence-corrected chi connectivity index (χ1v) is 7.48. The van der Waals surface area contributed by atoms with Crippen molar-refractivity contribution in [2.45, 2.75) is 0 Å². The summed E-state index contributed by atoms with van der Waals surface area (Å²) in [7, 11) is 3.94. The van der Waals surface area contributed by atoms with Gasteiger partial charge in [-0.15, -0.1) is 0 Å². The number of amides is 1. The van der Waals surface area contributed by atoms with E-state index in [1.54, 1.807) is 0 Å². The van der Waals surface area contributed by atoms with E-state index < -0.39 is 16.5 Å². The zero-order chi connectivity index (χ0) is 17.0. The molecule has 1 aliphatic heterocycles. The quantitative estimate of drug-likeness (QED) is 0.637. The van der Waals surface area contributed by atoms with Gasteiger partial charge >= 0.3 is 5.69 Å². The summed E-state index contributed by atoms with van der Waals surface area (Å²) in [5.74, 6) is 0.117. The summed E-state index contributed by atoms with van der Waals surface area (Å²) in [5, 5.41) is 14.4. The van der Waals surface area contributed by atoms with Crippen LogP contribution >= 0.6 is 11.8 Å². The van der Waals surface area contributed by atoms with E-state index in [9.17, 15) is 14.9 Å². The van der Waals surface area contributed by atoms with Gasteiger partial charge in [0.05, 0.1) is 32.8 Å². The van der Waals surface area contributed by atoms with Gasteiger partial charge in [0, 0.05) is 11.8 Å². The fourth-order valence-electron chi connectivity index (χ4n) is 2.07. The fourth-order valence-corrected chi connectivity index (χ4v) is 2.79. The number of nitro benzene ring substituents is 1. The summed E-state index contributed by atoms with van der Waals surface area (Å²) in [4.78, 5) is 27.2. The van der Waals surface area contributed by atoms with Crippen molar-refractivity contribution < 1.29 is 23.9 Å². The number of aliphatic imine (C=N–C) groups is 1. The molecule has 1 aromatic rings. The standard InChI is InChI=1S/C13H15N3O6S/c1-20-8-6-7(12(17)15-13-14-4-5-23-13)9(16(18)19)11(22-3)10(8)21-2/h6H,4-5H2,1-3H3,(H,14,15,17). The normalized spacial score (nSPS) is 13.3. The molecule has 1 N–H and O–H groups in total. The number of hydrogen-bond donors (Lipinski definition) is 1. The Balaban J connectivity index is 2.56. The van der Waals surface area contributed by atoms with Crippen LogP contribution in [0.15, 0.2) is 11.1 Å². The molecule has 0 bridgehead atoms. The summed E-state index contributed by atoms with van der Waals surface area (Å²) in [6, 6.07) is 1.25. The molecule has 0 saturated heterocycles. The molecule has 124 valence electrons. The largest absolute Gasteiger partial charge is 0.493 e. The molecule has 0 aromatic heterocycles. The van der Waals surface area contributed by atoms with E-state index in [1.165, 1.54) is 39.2 Å². The highest BCUT2D eigenvalue weighted by atomic mass is 32.2. The van der Waals surface area contributed by atoms with Gasteiger partial charge in [-0.05, 0) is 0 Å². The lowest BCUT2D eigenvalue weighted by Crippen LogP contribution is -2.28. The molecule has 1 aliphatic rings. The van der Waals surface area contributed by atoms with Gasteiger partial charge in [-0.25, -0.2) is 0 Å². The lowest BCUT2D eigenvalue weighted by Gasteiger charge is -2.14. The maximum absolute atomic E-state index is 12.4. The van der Waals surface area contributed by atoms with Crippen LogP contribution in [-0.2, 0) is 0 Å². The van der Waals surface area contributed by atoms with Crippen molar-refractivity contribution in [2.75, 3.05) is 33.6 Å². The molecular formula is C13H15N3O6S. The molecule has 10 heteroatoms. The van der Waals surface area contributed by atoms with Crippen LogP contribution in [0, 0.1) is 10.1 Å². The van der Waals surface area contributed by atoms with Crippen molar-refractivity contribution in [3.63, 3.8) is 0 Å². The Morgan fingerprint density at radius 3 is 2.48 bits per heavy atom. The van der Waals surface area contributed by atoms with Crippen LogP contribution in [0.3, 0.4) is 0 Å². The smallest absolute Gasteiger partial charge is 0.327 e. The predicted octanol–water partition coefficient (Wildman–Crippen LogP) is 1.45. The first-order valence-electron chi connectivity index (χ1n) is 6.49. The van der Waals surface area contributed by atoms with Crippen molar-refractivity contribution in [3.8, 4) is 17.2 Å². The molecule has 0 unspecified atom stereocenters. The summed E-state index contributed by atoms with van der Waals surface area (Å²) in [5.41, 5.74) is -0.689. The minimum atomic E-state index is -0.695. The molecule has 0 saturated carbocycles. The number of thioether (sulfide) groups is 1. The van der Waals surface area contributed by atoms with Crippen molar-refractivity contribution in [2.24, 2.45) is 4.99 Å². The summed E-state index contributed by atoms with van der Waals surface area (Å²) in [6.45, 7) is 0.595. The highest BCUT2D eigenvalue weighted by Gasteiger charge is 2.33. The van der Waals surface area contributed by atoms with Crippen LogP contribution in [0.5, 0.6) is 17.2 Å². The number of ether oxygens (including phenoxy) is 3. The van der Waals surface area contributed by atoms with E-state index in [1.807, 2.05) is 0 Å². The molecule has 0 spiro atoms. The minimum absolute atomic E-state index is 0.0471. The Morgan fingerprint density at radius 2 is 2.00 bits per heavy atom. The third-order valence-electron chi connectivity index (χ3n) is 3.04. The van der Waals surface area contributed by atoms with Crippen LogP contribution in [0.25, 0.3) is 0 Å². The molecule has 1 heterocycles. The van der Waals surface area contributed by atoms with Crippen molar-refractivity contribution in [1.82, 2.24) is 5.32 Å². The molecule has 2 rings (SSSR count). The summed E-state index contributed by atoms with van der Waals surface area (Å²) in [6.07, 6.45) is 0. The van der Waals surface area contributed by atoms with E-state index >= 15 is 0 Å². The molecule has 23 heavy (non-hydrogen) atoms. The summed E-state index contributed by atoms with van der Waals surface area (Å²) >= 11 is 1.37. The molecule has 1 amide bonds. The van der Waals surface area contributed by atoms with Crippen LogP contribution in [-0.4, -0.2) is 49.6 Å². The van der Waals surface area contributed by atoms with Crippen LogP contribution in [0.2, 0.25) is 0 Å². The molecular weight excluding hydrogens is 326 g/mol. The van der Waals surface area contributed by atoms with Crippen LogP contribution in [0.1, 0.15) is 10.4 Å². The number of carbonyl (C=O) groups is 1. The Labute approximate surface area is 136 Å². The molecule has 0 fully saturated rings. The third kappa shape index (κ3) is 3.31. The maximum Gasteiger partial charge on any atom is 0.327 e. The van der Waals surface area contributed by atoms with Crippen molar-refractivity contribution in [3.05, 3.63) is 21.7 Å². The van der Waals surface area contributed by atoms with Gasteiger partial charge in [0.1, 0.15) is 5.56 Å². The lowest BCUT2D eigenvalue weighted by atomic mass is 10.1. The third-order valence-corrected chi connectivity index (χ3v) is 3.93. The van der Waals surface area contributed by atoms with Crippen molar-refractivity contribution >= 4 is 28.5 Å². The Bertz CT molecular complexity index is 676. The minimum Gasteiger partial charge on any atom is -0.493 e. The predicted molar refractivity (Wildman–Crippen MR) is 85.0 cm³/mol. The second kappa shape index (κ2) is 7.18. The number of methoxy groups -OCH3 is 3. The lowest BCUT2D eigenvalue weighted by molar-refractivity contribution is -0.386. The molecule has 0 atom stereocenters.